The van der Waals surface area contributed by atoms with Gasteiger partial charge in [0.15, 0.2) is 0 Å². The van der Waals surface area contributed by atoms with E-state index in [4.69, 9.17) is 15.5 Å². The lowest BCUT2D eigenvalue weighted by atomic mass is 9.92. The third-order valence-corrected chi connectivity index (χ3v) is 9.78. The first-order valence-electron chi connectivity index (χ1n) is 13.9. The Morgan fingerprint density at radius 2 is 1.70 bits per heavy atom. The molecule has 2 aliphatic rings. The Labute approximate surface area is 234 Å². The third-order valence-electron chi connectivity index (χ3n) is 7.93. The van der Waals surface area contributed by atoms with Crippen LogP contribution in [0, 0.1) is 6.92 Å². The molecular weight excluding hydrogens is 524 g/mol. The Bertz CT molecular complexity index is 1630. The molecule has 2 aromatic carbocycles. The molecule has 0 atom stereocenters. The van der Waals surface area contributed by atoms with Crippen molar-refractivity contribution in [3.63, 3.8) is 0 Å². The predicted molar refractivity (Wildman–Crippen MR) is 158 cm³/mol. The summed E-state index contributed by atoms with van der Waals surface area (Å²) in [6, 6.07) is 15.7. The lowest BCUT2D eigenvalue weighted by Gasteiger charge is -2.26. The highest BCUT2D eigenvalue weighted by molar-refractivity contribution is 7.93. The summed E-state index contributed by atoms with van der Waals surface area (Å²) >= 11 is 0. The van der Waals surface area contributed by atoms with Crippen LogP contribution in [0.1, 0.15) is 50.5 Å². The van der Waals surface area contributed by atoms with Crippen molar-refractivity contribution in [1.29, 1.82) is 0 Å². The molecule has 4 aromatic rings. The second-order valence-corrected chi connectivity index (χ2v) is 12.8. The van der Waals surface area contributed by atoms with Gasteiger partial charge in [0.2, 0.25) is 21.9 Å². The molecule has 0 amide bonds. The van der Waals surface area contributed by atoms with Crippen molar-refractivity contribution in [3.05, 3.63) is 66.5 Å². The normalized spacial score (nSPS) is 19.6. The maximum absolute atomic E-state index is 12.9. The summed E-state index contributed by atoms with van der Waals surface area (Å²) in [6.07, 6.45) is 9.74. The van der Waals surface area contributed by atoms with Crippen LogP contribution < -0.4 is 20.5 Å². The number of benzene rings is 2. The molecule has 2 aromatic heterocycles. The van der Waals surface area contributed by atoms with Gasteiger partial charge in [0.25, 0.3) is 0 Å². The molecule has 4 N–H and O–H groups in total. The second-order valence-electron chi connectivity index (χ2n) is 10.8. The molecule has 9 nitrogen and oxygen atoms in total. The number of anilines is 2. The van der Waals surface area contributed by atoms with Crippen LogP contribution in [0.2, 0.25) is 0 Å². The number of aryl methyl sites for hydroxylation is 1. The fraction of sp³-hybridized carbons (Fsp3) is 0.367. The molecule has 40 heavy (non-hydrogen) atoms. The standard InChI is InChI=1S/C30H34N6O3S/c1-19-18-27(36-40(37,38)22-6-4-7-22)23-8-2-3-9-24(23)28(19)39-29-25(10-5-16-32-29)26-15-17-33-30(35-26)34-21-13-11-20(31)12-14-21/h2-3,5,8-10,15-18,20-22,36H,4,6-7,11-14,31H2,1H3,(H,33,34,35)/t20-,21-. The van der Waals surface area contributed by atoms with Crippen LogP contribution in [0.4, 0.5) is 11.6 Å². The molecular formula is C30H34N6O3S. The highest BCUT2D eigenvalue weighted by atomic mass is 32.2. The van der Waals surface area contributed by atoms with Crippen molar-refractivity contribution < 1.29 is 13.2 Å². The van der Waals surface area contributed by atoms with Gasteiger partial charge in [-0.15, -0.1) is 0 Å². The smallest absolute Gasteiger partial charge is 0.235 e. The Hall–Kier alpha value is -3.76. The first kappa shape index (κ1) is 26.5. The van der Waals surface area contributed by atoms with E-state index in [-0.39, 0.29) is 11.3 Å². The van der Waals surface area contributed by atoms with Crippen molar-refractivity contribution in [3.8, 4) is 22.9 Å². The third kappa shape index (κ3) is 5.46. The van der Waals surface area contributed by atoms with Crippen LogP contribution >= 0.6 is 0 Å². The first-order chi connectivity index (χ1) is 19.4. The maximum atomic E-state index is 12.9. The number of fused-ring (bicyclic) bond motifs is 1. The van der Waals surface area contributed by atoms with E-state index in [0.717, 1.165) is 54.0 Å². The van der Waals surface area contributed by atoms with E-state index in [0.29, 0.717) is 47.8 Å². The minimum Gasteiger partial charge on any atom is -0.437 e. The molecule has 0 saturated heterocycles. The van der Waals surface area contributed by atoms with Crippen molar-refractivity contribution in [2.24, 2.45) is 5.73 Å². The minimum atomic E-state index is -3.45. The average molecular weight is 559 g/mol. The molecule has 6 rings (SSSR count). The monoisotopic (exact) mass is 558 g/mol. The molecule has 0 aliphatic heterocycles. The Morgan fingerprint density at radius 3 is 2.45 bits per heavy atom. The summed E-state index contributed by atoms with van der Waals surface area (Å²) in [5.74, 6) is 1.59. The van der Waals surface area contributed by atoms with E-state index < -0.39 is 10.0 Å². The molecule has 0 unspecified atom stereocenters. The number of rotatable bonds is 8. The number of hydrogen-bond donors (Lipinski definition) is 3. The largest absolute Gasteiger partial charge is 0.437 e. The van der Waals surface area contributed by atoms with Crippen LogP contribution in [0.15, 0.2) is 60.9 Å². The van der Waals surface area contributed by atoms with Crippen LogP contribution in [0.25, 0.3) is 22.0 Å². The van der Waals surface area contributed by atoms with Gasteiger partial charge in [0.05, 0.1) is 22.2 Å². The number of nitrogens with zero attached hydrogens (tertiary/aromatic N) is 3. The molecule has 10 heteroatoms. The summed E-state index contributed by atoms with van der Waals surface area (Å²) in [7, 11) is -3.45. The van der Waals surface area contributed by atoms with Gasteiger partial charge >= 0.3 is 0 Å². The zero-order valence-corrected chi connectivity index (χ0v) is 23.3. The summed E-state index contributed by atoms with van der Waals surface area (Å²) in [6.45, 7) is 1.91. The molecule has 2 fully saturated rings. The molecule has 208 valence electrons. The van der Waals surface area contributed by atoms with Crippen LogP contribution in [0.3, 0.4) is 0 Å². The van der Waals surface area contributed by atoms with Crippen molar-refractivity contribution >= 4 is 32.4 Å². The Balaban J connectivity index is 1.31. The number of ether oxygens (including phenoxy) is 1. The summed E-state index contributed by atoms with van der Waals surface area (Å²) in [4.78, 5) is 13.8. The number of sulfonamides is 1. The number of nitrogens with one attached hydrogen (secondary N) is 2. The van der Waals surface area contributed by atoms with E-state index in [2.05, 4.69) is 20.0 Å². The van der Waals surface area contributed by atoms with E-state index in [1.165, 1.54) is 0 Å². The van der Waals surface area contributed by atoms with Gasteiger partial charge in [-0.3, -0.25) is 4.72 Å². The lowest BCUT2D eigenvalue weighted by molar-refractivity contribution is 0.410. The number of pyridine rings is 1. The zero-order valence-electron chi connectivity index (χ0n) is 22.5. The van der Waals surface area contributed by atoms with Crippen molar-refractivity contribution in [1.82, 2.24) is 15.0 Å². The van der Waals surface area contributed by atoms with Gasteiger partial charge < -0.3 is 15.8 Å². The fourth-order valence-corrected chi connectivity index (χ4v) is 7.01. The molecule has 2 heterocycles. The highest BCUT2D eigenvalue weighted by Gasteiger charge is 2.32. The molecule has 0 radical (unpaired) electrons. The summed E-state index contributed by atoms with van der Waals surface area (Å²) in [5, 5.41) is 4.69. The topological polar surface area (TPSA) is 132 Å². The quantitative estimate of drug-likeness (QED) is 0.248. The van der Waals surface area contributed by atoms with E-state index in [1.807, 2.05) is 55.5 Å². The number of nitrogens with two attached hydrogens (primary N) is 1. The van der Waals surface area contributed by atoms with Crippen LogP contribution in [0.5, 0.6) is 11.6 Å². The molecule has 2 saturated carbocycles. The SMILES string of the molecule is Cc1cc(NS(=O)(=O)C2CCC2)c2ccccc2c1Oc1ncccc1-c1ccnc(N[C@H]2CC[C@H](N)CC2)n1. The van der Waals surface area contributed by atoms with Crippen molar-refractivity contribution in [2.45, 2.75) is 69.2 Å². The number of hydrogen-bond acceptors (Lipinski definition) is 8. The second kappa shape index (κ2) is 11.0. The maximum Gasteiger partial charge on any atom is 0.235 e. The first-order valence-corrected chi connectivity index (χ1v) is 15.4. The van der Waals surface area contributed by atoms with Gasteiger partial charge in [-0.1, -0.05) is 30.7 Å². The van der Waals surface area contributed by atoms with E-state index >= 15 is 0 Å². The van der Waals surface area contributed by atoms with Gasteiger partial charge in [0, 0.05) is 35.2 Å². The van der Waals surface area contributed by atoms with E-state index in [9.17, 15) is 8.42 Å². The molecule has 0 bridgehead atoms. The zero-order chi connectivity index (χ0) is 27.7. The molecule has 0 spiro atoms. The van der Waals surface area contributed by atoms with Gasteiger partial charge in [-0.25, -0.2) is 23.4 Å². The fourth-order valence-electron chi connectivity index (χ4n) is 5.41. The lowest BCUT2D eigenvalue weighted by Crippen LogP contribution is -2.33. The van der Waals surface area contributed by atoms with E-state index in [1.54, 1.807) is 12.4 Å². The average Bonchev–Trinajstić information content (AvgIpc) is 2.91. The Kier molecular flexibility index (Phi) is 7.29. The van der Waals surface area contributed by atoms with Gasteiger partial charge in [-0.2, -0.15) is 0 Å². The minimum absolute atomic E-state index is 0.275. The Morgan fingerprint density at radius 1 is 0.925 bits per heavy atom. The van der Waals surface area contributed by atoms with Crippen LogP contribution in [-0.2, 0) is 10.0 Å². The summed E-state index contributed by atoms with van der Waals surface area (Å²) in [5.41, 5.74) is 8.84. The highest BCUT2D eigenvalue weighted by Crippen LogP contribution is 2.40. The van der Waals surface area contributed by atoms with Crippen molar-refractivity contribution in [2.75, 3.05) is 10.0 Å². The molecule has 2 aliphatic carbocycles. The summed E-state index contributed by atoms with van der Waals surface area (Å²) < 4.78 is 35.2. The number of aromatic nitrogens is 3. The predicted octanol–water partition coefficient (Wildman–Crippen LogP) is 5.77. The van der Waals surface area contributed by atoms with Gasteiger partial charge in [-0.05, 0) is 75.3 Å². The van der Waals surface area contributed by atoms with Crippen LogP contribution in [-0.4, -0.2) is 40.7 Å². The van der Waals surface area contributed by atoms with Gasteiger partial charge in [0.1, 0.15) is 5.75 Å².